The van der Waals surface area contributed by atoms with Crippen LogP contribution in [-0.4, -0.2) is 24.0 Å². The van der Waals surface area contributed by atoms with Crippen molar-refractivity contribution in [3.05, 3.63) is 30.5 Å². The van der Waals surface area contributed by atoms with Crippen LogP contribution in [0.4, 0.5) is 5.69 Å². The van der Waals surface area contributed by atoms with Gasteiger partial charge in [-0.3, -0.25) is 4.79 Å². The number of amides is 1. The van der Waals surface area contributed by atoms with E-state index in [1.807, 2.05) is 30.5 Å². The number of hydrogen-bond acceptors (Lipinski definition) is 2. The Balaban J connectivity index is 1.80. The summed E-state index contributed by atoms with van der Waals surface area (Å²) in [5, 5.41) is 7.55. The molecule has 1 aliphatic rings. The number of rotatable bonds is 4. The largest absolute Gasteiger partial charge is 0.361 e. The van der Waals surface area contributed by atoms with Crippen molar-refractivity contribution in [3.8, 4) is 0 Å². The summed E-state index contributed by atoms with van der Waals surface area (Å²) in [7, 11) is 0. The average Bonchev–Trinajstić information content (AvgIpc) is 3.08. The van der Waals surface area contributed by atoms with E-state index in [9.17, 15) is 4.79 Å². The standard InChI is InChI=1S/C16H21N3O/c1-2-6-16(7-9-17-11-16)15(20)19-13-3-4-14-12(10-13)5-8-18-14/h3-5,8,10,17-18H,2,6-7,9,11H2,1H3,(H,19,20). The zero-order valence-corrected chi connectivity index (χ0v) is 11.8. The molecular formula is C16H21N3O. The van der Waals surface area contributed by atoms with Crippen LogP contribution in [0, 0.1) is 5.41 Å². The minimum Gasteiger partial charge on any atom is -0.361 e. The van der Waals surface area contributed by atoms with Crippen molar-refractivity contribution in [1.82, 2.24) is 10.3 Å². The molecule has 0 bridgehead atoms. The number of hydrogen-bond donors (Lipinski definition) is 3. The topological polar surface area (TPSA) is 56.9 Å². The summed E-state index contributed by atoms with van der Waals surface area (Å²) in [6, 6.07) is 8.00. The van der Waals surface area contributed by atoms with E-state index in [1.165, 1.54) is 0 Å². The Morgan fingerprint density at radius 2 is 2.30 bits per heavy atom. The molecule has 4 heteroatoms. The highest BCUT2D eigenvalue weighted by atomic mass is 16.2. The maximum atomic E-state index is 12.6. The van der Waals surface area contributed by atoms with E-state index in [1.54, 1.807) is 0 Å². The Labute approximate surface area is 118 Å². The molecular weight excluding hydrogens is 250 g/mol. The molecule has 1 aromatic heterocycles. The van der Waals surface area contributed by atoms with Gasteiger partial charge < -0.3 is 15.6 Å². The Morgan fingerprint density at radius 3 is 3.05 bits per heavy atom. The Morgan fingerprint density at radius 1 is 1.40 bits per heavy atom. The lowest BCUT2D eigenvalue weighted by Crippen LogP contribution is -2.38. The van der Waals surface area contributed by atoms with E-state index in [0.717, 1.165) is 48.9 Å². The van der Waals surface area contributed by atoms with Crippen molar-refractivity contribution >= 4 is 22.5 Å². The second kappa shape index (κ2) is 5.29. The van der Waals surface area contributed by atoms with Gasteiger partial charge >= 0.3 is 0 Å². The van der Waals surface area contributed by atoms with Gasteiger partial charge in [0.05, 0.1) is 5.41 Å². The average molecular weight is 271 g/mol. The highest BCUT2D eigenvalue weighted by Crippen LogP contribution is 2.32. The number of fused-ring (bicyclic) bond motifs is 1. The molecule has 0 spiro atoms. The Hall–Kier alpha value is -1.81. The van der Waals surface area contributed by atoms with E-state index in [0.29, 0.717) is 0 Å². The van der Waals surface area contributed by atoms with Crippen LogP contribution in [0.5, 0.6) is 0 Å². The number of aromatic amines is 1. The first kappa shape index (κ1) is 13.2. The summed E-state index contributed by atoms with van der Waals surface area (Å²) in [5.74, 6) is 0.152. The summed E-state index contributed by atoms with van der Waals surface area (Å²) in [5.41, 5.74) is 1.74. The van der Waals surface area contributed by atoms with Gasteiger partial charge in [-0.1, -0.05) is 13.3 Å². The predicted molar refractivity (Wildman–Crippen MR) is 81.8 cm³/mol. The molecule has 0 saturated carbocycles. The lowest BCUT2D eigenvalue weighted by Gasteiger charge is -2.26. The highest BCUT2D eigenvalue weighted by molar-refractivity contribution is 5.97. The van der Waals surface area contributed by atoms with Gasteiger partial charge in [0.2, 0.25) is 5.91 Å². The first-order chi connectivity index (χ1) is 9.73. The fraction of sp³-hybridized carbons (Fsp3) is 0.438. The Bertz CT molecular complexity index is 611. The van der Waals surface area contributed by atoms with E-state index < -0.39 is 0 Å². The molecule has 3 N–H and O–H groups in total. The van der Waals surface area contributed by atoms with Gasteiger partial charge in [-0.05, 0) is 43.7 Å². The van der Waals surface area contributed by atoms with Gasteiger partial charge in [0.25, 0.3) is 0 Å². The molecule has 1 aliphatic heterocycles. The molecule has 1 aromatic carbocycles. The number of carbonyl (C=O) groups is 1. The molecule has 1 atom stereocenters. The number of aromatic nitrogens is 1. The third kappa shape index (κ3) is 2.31. The fourth-order valence-electron chi connectivity index (χ4n) is 3.14. The molecule has 2 heterocycles. The van der Waals surface area contributed by atoms with Crippen LogP contribution in [0.25, 0.3) is 10.9 Å². The van der Waals surface area contributed by atoms with E-state index in [2.05, 4.69) is 22.5 Å². The first-order valence-electron chi connectivity index (χ1n) is 7.33. The van der Waals surface area contributed by atoms with Gasteiger partial charge in [0.1, 0.15) is 0 Å². The van der Waals surface area contributed by atoms with Crippen molar-refractivity contribution < 1.29 is 4.79 Å². The van der Waals surface area contributed by atoms with Crippen LogP contribution in [-0.2, 0) is 4.79 Å². The van der Waals surface area contributed by atoms with Crippen molar-refractivity contribution in [3.63, 3.8) is 0 Å². The highest BCUT2D eigenvalue weighted by Gasteiger charge is 2.40. The van der Waals surface area contributed by atoms with Gasteiger partial charge in [-0.25, -0.2) is 0 Å². The number of nitrogens with one attached hydrogen (secondary N) is 3. The van der Waals surface area contributed by atoms with Crippen molar-refractivity contribution in [2.24, 2.45) is 5.41 Å². The molecule has 4 nitrogen and oxygen atoms in total. The molecule has 1 amide bonds. The lowest BCUT2D eigenvalue weighted by molar-refractivity contribution is -0.125. The maximum Gasteiger partial charge on any atom is 0.231 e. The van der Waals surface area contributed by atoms with Crippen LogP contribution in [0.1, 0.15) is 26.2 Å². The van der Waals surface area contributed by atoms with E-state index in [4.69, 9.17) is 0 Å². The van der Waals surface area contributed by atoms with Crippen LogP contribution in [0.2, 0.25) is 0 Å². The second-order valence-electron chi connectivity index (χ2n) is 5.69. The van der Waals surface area contributed by atoms with Gasteiger partial charge in [-0.15, -0.1) is 0 Å². The van der Waals surface area contributed by atoms with Gasteiger partial charge in [-0.2, -0.15) is 0 Å². The number of carbonyl (C=O) groups excluding carboxylic acids is 1. The van der Waals surface area contributed by atoms with Gasteiger partial charge in [0.15, 0.2) is 0 Å². The summed E-state index contributed by atoms with van der Waals surface area (Å²) >= 11 is 0. The molecule has 20 heavy (non-hydrogen) atoms. The van der Waals surface area contributed by atoms with Crippen LogP contribution < -0.4 is 10.6 Å². The summed E-state index contributed by atoms with van der Waals surface area (Å²) < 4.78 is 0. The molecule has 0 radical (unpaired) electrons. The SMILES string of the molecule is CCCC1(C(=O)Nc2ccc3[nH]ccc3c2)CCNC1. The first-order valence-corrected chi connectivity index (χ1v) is 7.33. The molecule has 3 rings (SSSR count). The molecule has 1 saturated heterocycles. The monoisotopic (exact) mass is 271 g/mol. The predicted octanol–water partition coefficient (Wildman–Crippen LogP) is 2.89. The van der Waals surface area contributed by atoms with Crippen molar-refractivity contribution in [2.45, 2.75) is 26.2 Å². The second-order valence-corrected chi connectivity index (χ2v) is 5.69. The van der Waals surface area contributed by atoms with Crippen LogP contribution >= 0.6 is 0 Å². The van der Waals surface area contributed by atoms with Crippen LogP contribution in [0.15, 0.2) is 30.5 Å². The third-order valence-electron chi connectivity index (χ3n) is 4.27. The molecule has 1 fully saturated rings. The summed E-state index contributed by atoms with van der Waals surface area (Å²) in [4.78, 5) is 15.8. The van der Waals surface area contributed by atoms with E-state index in [-0.39, 0.29) is 11.3 Å². The Kier molecular flexibility index (Phi) is 3.49. The number of benzene rings is 1. The maximum absolute atomic E-state index is 12.6. The fourth-order valence-corrected chi connectivity index (χ4v) is 3.14. The molecule has 1 unspecified atom stereocenters. The normalized spacial score (nSPS) is 22.2. The molecule has 0 aliphatic carbocycles. The van der Waals surface area contributed by atoms with Crippen LogP contribution in [0.3, 0.4) is 0 Å². The summed E-state index contributed by atoms with van der Waals surface area (Å²) in [6.45, 7) is 3.86. The molecule has 106 valence electrons. The number of anilines is 1. The summed E-state index contributed by atoms with van der Waals surface area (Å²) in [6.07, 6.45) is 4.82. The molecule has 2 aromatic rings. The van der Waals surface area contributed by atoms with Crippen molar-refractivity contribution in [2.75, 3.05) is 18.4 Å². The van der Waals surface area contributed by atoms with E-state index >= 15 is 0 Å². The zero-order valence-electron chi connectivity index (χ0n) is 11.8. The van der Waals surface area contributed by atoms with Crippen molar-refractivity contribution in [1.29, 1.82) is 0 Å². The quantitative estimate of drug-likeness (QED) is 0.801. The lowest BCUT2D eigenvalue weighted by atomic mass is 9.81. The smallest absolute Gasteiger partial charge is 0.231 e. The zero-order chi connectivity index (χ0) is 14.0. The minimum absolute atomic E-state index is 0.152. The third-order valence-corrected chi connectivity index (χ3v) is 4.27. The van der Waals surface area contributed by atoms with Gasteiger partial charge in [0, 0.05) is 29.3 Å². The number of H-pyrrole nitrogens is 1. The minimum atomic E-state index is -0.234.